The molecule has 0 fully saturated rings. The van der Waals surface area contributed by atoms with Gasteiger partial charge >= 0.3 is 6.09 Å². The summed E-state index contributed by atoms with van der Waals surface area (Å²) in [4.78, 5) is 26.8. The fourth-order valence-electron chi connectivity index (χ4n) is 4.65. The molecule has 0 atom stereocenters. The lowest BCUT2D eigenvalue weighted by Gasteiger charge is -2.13. The van der Waals surface area contributed by atoms with E-state index in [1.807, 2.05) is 14.1 Å². The first kappa shape index (κ1) is 35.2. The summed E-state index contributed by atoms with van der Waals surface area (Å²) in [7, 11) is 3.98. The third kappa shape index (κ3) is 19.8. The Hall–Kier alpha value is -1.79. The SMILES string of the molecule is CCCCCCCCCCCCCCCCCCNC(=O)c1ccc(Cl)cc1COC(=O)NCCCN(C)C. The summed E-state index contributed by atoms with van der Waals surface area (Å²) in [6, 6.07) is 5.07. The number of nitrogens with one attached hydrogen (secondary N) is 2. The van der Waals surface area contributed by atoms with Crippen LogP contribution >= 0.6 is 11.6 Å². The van der Waals surface area contributed by atoms with E-state index in [4.69, 9.17) is 16.3 Å². The number of nitrogens with zero attached hydrogens (tertiary/aromatic N) is 1. The predicted molar refractivity (Wildman–Crippen MR) is 165 cm³/mol. The van der Waals surface area contributed by atoms with E-state index in [1.165, 1.54) is 89.9 Å². The molecule has 0 saturated heterocycles. The van der Waals surface area contributed by atoms with E-state index >= 15 is 0 Å². The van der Waals surface area contributed by atoms with Gasteiger partial charge in [-0.05, 0) is 51.7 Å². The highest BCUT2D eigenvalue weighted by Gasteiger charge is 2.13. The molecule has 2 amide bonds. The quantitative estimate of drug-likeness (QED) is 0.123. The maximum atomic E-state index is 12.7. The number of halogens is 1. The largest absolute Gasteiger partial charge is 0.445 e. The summed E-state index contributed by atoms with van der Waals surface area (Å²) in [6.07, 6.45) is 21.6. The number of benzene rings is 1. The van der Waals surface area contributed by atoms with Crippen LogP contribution in [0.4, 0.5) is 4.79 Å². The van der Waals surface area contributed by atoms with Gasteiger partial charge in [0.15, 0.2) is 0 Å². The molecular formula is C32H56ClN3O3. The van der Waals surface area contributed by atoms with Gasteiger partial charge in [-0.25, -0.2) is 4.79 Å². The highest BCUT2D eigenvalue weighted by atomic mass is 35.5. The predicted octanol–water partition coefficient (Wildman–Crippen LogP) is 8.51. The van der Waals surface area contributed by atoms with Crippen molar-refractivity contribution < 1.29 is 14.3 Å². The fraction of sp³-hybridized carbons (Fsp3) is 0.750. The highest BCUT2D eigenvalue weighted by molar-refractivity contribution is 6.30. The molecule has 0 bridgehead atoms. The summed E-state index contributed by atoms with van der Waals surface area (Å²) in [5, 5.41) is 6.25. The van der Waals surface area contributed by atoms with E-state index in [-0.39, 0.29) is 12.5 Å². The Morgan fingerprint density at radius 3 is 1.79 bits per heavy atom. The van der Waals surface area contributed by atoms with E-state index in [0.29, 0.717) is 29.2 Å². The van der Waals surface area contributed by atoms with Crippen molar-refractivity contribution in [3.8, 4) is 0 Å². The lowest BCUT2D eigenvalue weighted by molar-refractivity contribution is 0.0946. The number of ether oxygens (including phenoxy) is 1. The summed E-state index contributed by atoms with van der Waals surface area (Å²) in [5.74, 6) is -0.155. The Balaban J connectivity index is 2.10. The van der Waals surface area contributed by atoms with Gasteiger partial charge in [0.05, 0.1) is 0 Å². The van der Waals surface area contributed by atoms with Gasteiger partial charge in [0.25, 0.3) is 5.91 Å². The van der Waals surface area contributed by atoms with Crippen molar-refractivity contribution in [2.45, 2.75) is 123 Å². The van der Waals surface area contributed by atoms with Gasteiger partial charge in [0.1, 0.15) is 6.61 Å². The molecule has 0 saturated carbocycles. The molecule has 224 valence electrons. The minimum atomic E-state index is -0.492. The lowest BCUT2D eigenvalue weighted by Crippen LogP contribution is -2.28. The van der Waals surface area contributed by atoms with Crippen LogP contribution in [0.3, 0.4) is 0 Å². The highest BCUT2D eigenvalue weighted by Crippen LogP contribution is 2.18. The summed E-state index contributed by atoms with van der Waals surface area (Å²) in [5.41, 5.74) is 1.10. The normalized spacial score (nSPS) is 11.1. The second-order valence-corrected chi connectivity index (χ2v) is 11.5. The lowest BCUT2D eigenvalue weighted by atomic mass is 10.0. The molecule has 0 spiro atoms. The molecule has 0 aliphatic carbocycles. The van der Waals surface area contributed by atoms with Crippen molar-refractivity contribution >= 4 is 23.6 Å². The standard InChI is InChI=1S/C32H56ClN3O3/c1-4-5-6-7-8-9-10-11-12-13-14-15-16-17-18-19-23-34-31(37)30-22-21-29(33)26-28(30)27-39-32(38)35-24-20-25-36(2)3/h21-22,26H,4-20,23-25,27H2,1-3H3,(H,34,37)(H,35,38). The first-order chi connectivity index (χ1) is 18.9. The van der Waals surface area contributed by atoms with Crippen LogP contribution in [0, 0.1) is 0 Å². The topological polar surface area (TPSA) is 70.7 Å². The Labute approximate surface area is 244 Å². The van der Waals surface area contributed by atoms with Crippen molar-refractivity contribution in [2.24, 2.45) is 0 Å². The minimum Gasteiger partial charge on any atom is -0.445 e. The zero-order valence-corrected chi connectivity index (χ0v) is 25.9. The Kier molecular flexibility index (Phi) is 21.7. The molecule has 2 N–H and O–H groups in total. The van der Waals surface area contributed by atoms with E-state index in [9.17, 15) is 9.59 Å². The Morgan fingerprint density at radius 1 is 0.744 bits per heavy atom. The average molecular weight is 566 g/mol. The van der Waals surface area contributed by atoms with Gasteiger partial charge in [0.2, 0.25) is 0 Å². The molecular weight excluding hydrogens is 510 g/mol. The van der Waals surface area contributed by atoms with E-state index in [1.54, 1.807) is 18.2 Å². The first-order valence-corrected chi connectivity index (χ1v) is 15.9. The number of unbranched alkanes of at least 4 members (excludes halogenated alkanes) is 15. The number of hydrogen-bond acceptors (Lipinski definition) is 4. The van der Waals surface area contributed by atoms with Crippen LogP contribution in [0.25, 0.3) is 0 Å². The smallest absolute Gasteiger partial charge is 0.407 e. The fourth-order valence-corrected chi connectivity index (χ4v) is 4.85. The number of amides is 2. The molecule has 0 radical (unpaired) electrons. The monoisotopic (exact) mass is 565 g/mol. The second kappa shape index (κ2) is 24.0. The van der Waals surface area contributed by atoms with Gasteiger partial charge in [-0.1, -0.05) is 115 Å². The van der Waals surface area contributed by atoms with E-state index in [0.717, 1.165) is 25.8 Å². The van der Waals surface area contributed by atoms with Gasteiger partial charge < -0.3 is 20.3 Å². The third-order valence-corrected chi connectivity index (χ3v) is 7.27. The molecule has 7 heteroatoms. The second-order valence-electron chi connectivity index (χ2n) is 11.0. The number of hydrogen-bond donors (Lipinski definition) is 2. The molecule has 1 aromatic rings. The van der Waals surface area contributed by atoms with Gasteiger partial charge in [-0.3, -0.25) is 4.79 Å². The van der Waals surface area contributed by atoms with Gasteiger partial charge in [-0.15, -0.1) is 0 Å². The van der Waals surface area contributed by atoms with Crippen molar-refractivity contribution in [3.63, 3.8) is 0 Å². The van der Waals surface area contributed by atoms with Crippen LogP contribution in [0.15, 0.2) is 18.2 Å². The third-order valence-electron chi connectivity index (χ3n) is 7.04. The molecule has 39 heavy (non-hydrogen) atoms. The van der Waals surface area contributed by atoms with Gasteiger partial charge in [-0.2, -0.15) is 0 Å². The van der Waals surface area contributed by atoms with Crippen LogP contribution < -0.4 is 10.6 Å². The molecule has 0 unspecified atom stereocenters. The van der Waals surface area contributed by atoms with Crippen LogP contribution in [0.1, 0.15) is 132 Å². The maximum Gasteiger partial charge on any atom is 0.407 e. The van der Waals surface area contributed by atoms with Crippen molar-refractivity contribution in [3.05, 3.63) is 34.3 Å². The van der Waals surface area contributed by atoms with Gasteiger partial charge in [0, 0.05) is 29.2 Å². The van der Waals surface area contributed by atoms with Crippen molar-refractivity contribution in [1.82, 2.24) is 15.5 Å². The van der Waals surface area contributed by atoms with Crippen LogP contribution in [0.5, 0.6) is 0 Å². The van der Waals surface area contributed by atoms with Crippen molar-refractivity contribution in [2.75, 3.05) is 33.7 Å². The Morgan fingerprint density at radius 2 is 1.26 bits per heavy atom. The van der Waals surface area contributed by atoms with E-state index < -0.39 is 6.09 Å². The van der Waals surface area contributed by atoms with Crippen LogP contribution in [-0.2, 0) is 11.3 Å². The Bertz CT molecular complexity index is 773. The number of rotatable bonds is 24. The minimum absolute atomic E-state index is 0.00186. The molecule has 1 aromatic carbocycles. The average Bonchev–Trinajstić information content (AvgIpc) is 2.91. The first-order valence-electron chi connectivity index (χ1n) is 15.6. The maximum absolute atomic E-state index is 12.7. The van der Waals surface area contributed by atoms with Crippen LogP contribution in [0.2, 0.25) is 5.02 Å². The summed E-state index contributed by atoms with van der Waals surface area (Å²) >= 11 is 6.13. The molecule has 6 nitrogen and oxygen atoms in total. The zero-order chi connectivity index (χ0) is 28.6. The molecule has 0 aliphatic rings. The molecule has 1 rings (SSSR count). The molecule has 0 aliphatic heterocycles. The number of carbonyl (C=O) groups is 2. The zero-order valence-electron chi connectivity index (χ0n) is 25.1. The van der Waals surface area contributed by atoms with Crippen LogP contribution in [-0.4, -0.2) is 50.6 Å². The molecule has 0 heterocycles. The number of alkyl carbamates (subject to hydrolysis) is 1. The summed E-state index contributed by atoms with van der Waals surface area (Å²) < 4.78 is 5.32. The van der Waals surface area contributed by atoms with Crippen molar-refractivity contribution in [1.29, 1.82) is 0 Å². The number of carbonyl (C=O) groups excluding carboxylic acids is 2. The van der Waals surface area contributed by atoms with E-state index in [2.05, 4.69) is 22.5 Å². The molecule has 0 aromatic heterocycles. The summed E-state index contributed by atoms with van der Waals surface area (Å²) in [6.45, 7) is 4.35.